The third-order valence-corrected chi connectivity index (χ3v) is 3.82. The summed E-state index contributed by atoms with van der Waals surface area (Å²) in [6.45, 7) is -0.303. The summed E-state index contributed by atoms with van der Waals surface area (Å²) in [5, 5.41) is 8.77. The number of carboxylic acids is 1. The molecule has 0 spiro atoms. The van der Waals surface area contributed by atoms with Gasteiger partial charge in [0.15, 0.2) is 6.61 Å². The molecule has 1 aromatic heterocycles. The van der Waals surface area contributed by atoms with Gasteiger partial charge in [0, 0.05) is 18.2 Å². The summed E-state index contributed by atoms with van der Waals surface area (Å²) >= 11 is 0. The van der Waals surface area contributed by atoms with E-state index in [9.17, 15) is 4.79 Å². The number of benzene rings is 1. The zero-order valence-corrected chi connectivity index (χ0v) is 12.2. The maximum Gasteiger partial charge on any atom is 0.341 e. The van der Waals surface area contributed by atoms with Gasteiger partial charge in [-0.15, -0.1) is 0 Å². The second-order valence-electron chi connectivity index (χ2n) is 5.31. The van der Waals surface area contributed by atoms with Gasteiger partial charge in [-0.2, -0.15) is 0 Å². The summed E-state index contributed by atoms with van der Waals surface area (Å²) in [6, 6.07) is 5.85. The summed E-state index contributed by atoms with van der Waals surface area (Å²) in [5.74, 6) is -0.270. The van der Waals surface area contributed by atoms with Gasteiger partial charge in [-0.3, -0.25) is 0 Å². The molecule has 2 N–H and O–H groups in total. The summed E-state index contributed by atoms with van der Waals surface area (Å²) < 4.78 is 5.42. The molecule has 5 nitrogen and oxygen atoms in total. The van der Waals surface area contributed by atoms with Crippen LogP contribution in [-0.2, 0) is 17.6 Å². The number of rotatable bonds is 5. The highest BCUT2D eigenvalue weighted by Crippen LogP contribution is 2.36. The molecule has 1 aliphatic rings. The zero-order chi connectivity index (χ0) is 15.4. The molecule has 0 bridgehead atoms. The predicted molar refractivity (Wildman–Crippen MR) is 82.8 cm³/mol. The van der Waals surface area contributed by atoms with E-state index in [-0.39, 0.29) is 6.61 Å². The van der Waals surface area contributed by atoms with E-state index in [1.54, 1.807) is 6.33 Å². The fraction of sp³-hybridized carbons (Fsp3) is 0.294. The highest BCUT2D eigenvalue weighted by molar-refractivity contribution is 5.73. The number of nitrogens with zero attached hydrogens (tertiary/aromatic N) is 1. The summed E-state index contributed by atoms with van der Waals surface area (Å²) in [4.78, 5) is 17.9. The van der Waals surface area contributed by atoms with Crippen LogP contribution in [-0.4, -0.2) is 27.7 Å². The van der Waals surface area contributed by atoms with Crippen molar-refractivity contribution in [2.24, 2.45) is 0 Å². The largest absolute Gasteiger partial charge is 0.482 e. The van der Waals surface area contributed by atoms with Crippen molar-refractivity contribution < 1.29 is 14.6 Å². The van der Waals surface area contributed by atoms with Crippen LogP contribution < -0.4 is 4.74 Å². The zero-order valence-electron chi connectivity index (χ0n) is 12.2. The fourth-order valence-corrected chi connectivity index (χ4v) is 2.83. The molecule has 2 aromatic rings. The topological polar surface area (TPSA) is 75.2 Å². The lowest BCUT2D eigenvalue weighted by atomic mass is 9.86. The van der Waals surface area contributed by atoms with Crippen molar-refractivity contribution in [2.45, 2.75) is 25.7 Å². The maximum atomic E-state index is 10.7. The Balaban J connectivity index is 1.85. The van der Waals surface area contributed by atoms with E-state index in [2.05, 4.69) is 22.1 Å². The van der Waals surface area contributed by atoms with Gasteiger partial charge in [-0.1, -0.05) is 18.2 Å². The van der Waals surface area contributed by atoms with Crippen LogP contribution in [0.1, 0.15) is 29.7 Å². The second kappa shape index (κ2) is 6.47. The molecule has 1 aliphatic carbocycles. The predicted octanol–water partition coefficient (Wildman–Crippen LogP) is 2.84. The van der Waals surface area contributed by atoms with Crippen LogP contribution in [0.4, 0.5) is 0 Å². The van der Waals surface area contributed by atoms with E-state index in [0.29, 0.717) is 5.75 Å². The molecule has 3 rings (SSSR count). The molecule has 22 heavy (non-hydrogen) atoms. The Morgan fingerprint density at radius 2 is 2.32 bits per heavy atom. The van der Waals surface area contributed by atoms with Gasteiger partial charge in [-0.25, -0.2) is 9.78 Å². The van der Waals surface area contributed by atoms with Gasteiger partial charge in [0.1, 0.15) is 5.75 Å². The van der Waals surface area contributed by atoms with Crippen LogP contribution >= 0.6 is 0 Å². The van der Waals surface area contributed by atoms with Crippen LogP contribution in [0.25, 0.3) is 5.57 Å². The van der Waals surface area contributed by atoms with Crippen LogP contribution in [0.2, 0.25) is 0 Å². The van der Waals surface area contributed by atoms with Crippen LogP contribution in [0, 0.1) is 0 Å². The summed E-state index contributed by atoms with van der Waals surface area (Å²) in [6.07, 6.45) is 9.57. The molecule has 0 radical (unpaired) electrons. The second-order valence-corrected chi connectivity index (χ2v) is 5.31. The average molecular weight is 298 g/mol. The van der Waals surface area contributed by atoms with E-state index in [4.69, 9.17) is 9.84 Å². The van der Waals surface area contributed by atoms with E-state index >= 15 is 0 Å². The minimum atomic E-state index is -0.956. The number of imidazole rings is 1. The number of nitrogens with one attached hydrogen (secondary N) is 1. The number of H-pyrrole nitrogens is 1. The van der Waals surface area contributed by atoms with E-state index < -0.39 is 5.97 Å². The highest BCUT2D eigenvalue weighted by Gasteiger charge is 2.18. The molecular weight excluding hydrogens is 280 g/mol. The number of aliphatic carboxylic acids is 1. The van der Waals surface area contributed by atoms with Crippen molar-refractivity contribution in [1.29, 1.82) is 0 Å². The van der Waals surface area contributed by atoms with Crippen LogP contribution in [0.5, 0.6) is 5.75 Å². The fourth-order valence-electron chi connectivity index (χ4n) is 2.83. The molecule has 0 amide bonds. The first-order chi connectivity index (χ1) is 10.7. The number of aromatic nitrogens is 2. The van der Waals surface area contributed by atoms with Crippen molar-refractivity contribution in [3.05, 3.63) is 53.6 Å². The number of carboxylic acid groups (broad SMARTS) is 1. The standard InChI is InChI=1S/C17H18N2O3/c20-17(21)10-22-16-6-2-4-14-12(3-1-5-15(14)16)7-8-13-9-18-11-19-13/h2,4,6-7,9,11H,1,3,5,8,10H2,(H,18,19)(H,20,21). The summed E-state index contributed by atoms with van der Waals surface area (Å²) in [5.41, 5.74) is 4.58. The van der Waals surface area contributed by atoms with Gasteiger partial charge in [0.2, 0.25) is 0 Å². The molecule has 0 fully saturated rings. The Morgan fingerprint density at radius 3 is 3.09 bits per heavy atom. The van der Waals surface area contributed by atoms with Crippen LogP contribution in [0.3, 0.4) is 0 Å². The number of ether oxygens (including phenoxy) is 1. The minimum absolute atomic E-state index is 0.303. The number of fused-ring (bicyclic) bond motifs is 1. The molecule has 5 heteroatoms. The molecule has 1 aromatic carbocycles. The van der Waals surface area contributed by atoms with Crippen molar-refractivity contribution in [3.8, 4) is 5.75 Å². The number of carbonyl (C=O) groups is 1. The van der Waals surface area contributed by atoms with E-state index in [1.807, 2.05) is 18.3 Å². The minimum Gasteiger partial charge on any atom is -0.482 e. The Morgan fingerprint density at radius 1 is 1.41 bits per heavy atom. The first-order valence-corrected chi connectivity index (χ1v) is 7.37. The van der Waals surface area contributed by atoms with Gasteiger partial charge in [-0.05, 0) is 36.5 Å². The first-order valence-electron chi connectivity index (χ1n) is 7.37. The molecule has 0 aliphatic heterocycles. The van der Waals surface area contributed by atoms with Crippen molar-refractivity contribution in [2.75, 3.05) is 6.61 Å². The number of hydrogen-bond acceptors (Lipinski definition) is 3. The van der Waals surface area contributed by atoms with E-state index in [0.717, 1.165) is 36.9 Å². The number of aromatic amines is 1. The lowest BCUT2D eigenvalue weighted by Crippen LogP contribution is -2.12. The van der Waals surface area contributed by atoms with Crippen molar-refractivity contribution in [3.63, 3.8) is 0 Å². The van der Waals surface area contributed by atoms with Gasteiger partial charge >= 0.3 is 5.97 Å². The molecule has 0 unspecified atom stereocenters. The lowest BCUT2D eigenvalue weighted by Gasteiger charge is -2.21. The Labute approximate surface area is 128 Å². The van der Waals surface area contributed by atoms with E-state index in [1.165, 1.54) is 11.1 Å². The molecule has 0 saturated carbocycles. The quantitative estimate of drug-likeness (QED) is 0.890. The van der Waals surface area contributed by atoms with Crippen molar-refractivity contribution >= 4 is 11.5 Å². The molecular formula is C17H18N2O3. The monoisotopic (exact) mass is 298 g/mol. The first kappa shape index (κ1) is 14.4. The SMILES string of the molecule is O=C(O)COc1cccc2c1CCCC2=CCc1c[nH]cn1. The maximum absolute atomic E-state index is 10.7. The van der Waals surface area contributed by atoms with Crippen molar-refractivity contribution in [1.82, 2.24) is 9.97 Å². The molecule has 0 saturated heterocycles. The molecule has 114 valence electrons. The normalized spacial score (nSPS) is 15.5. The Kier molecular flexibility index (Phi) is 4.23. The number of allylic oxidation sites excluding steroid dienone is 2. The molecule has 1 heterocycles. The smallest absolute Gasteiger partial charge is 0.341 e. The third-order valence-electron chi connectivity index (χ3n) is 3.82. The average Bonchev–Trinajstić information content (AvgIpc) is 3.04. The van der Waals surface area contributed by atoms with Gasteiger partial charge in [0.05, 0.1) is 12.0 Å². The Hall–Kier alpha value is -2.56. The highest BCUT2D eigenvalue weighted by atomic mass is 16.5. The Bertz CT molecular complexity index is 690. The summed E-state index contributed by atoms with van der Waals surface area (Å²) in [7, 11) is 0. The lowest BCUT2D eigenvalue weighted by molar-refractivity contribution is -0.139. The van der Waals surface area contributed by atoms with Gasteiger partial charge < -0.3 is 14.8 Å². The number of hydrogen-bond donors (Lipinski definition) is 2. The molecule has 0 atom stereocenters. The third kappa shape index (κ3) is 3.19. The van der Waals surface area contributed by atoms with Gasteiger partial charge in [0.25, 0.3) is 0 Å². The van der Waals surface area contributed by atoms with Crippen LogP contribution in [0.15, 0.2) is 36.8 Å².